The van der Waals surface area contributed by atoms with Gasteiger partial charge in [-0.2, -0.15) is 5.10 Å². The van der Waals surface area contributed by atoms with Gasteiger partial charge in [-0.3, -0.25) is 0 Å². The molecule has 6 nitrogen and oxygen atoms in total. The Morgan fingerprint density at radius 3 is 2.78 bits per heavy atom. The number of primary amides is 1. The molecule has 0 aliphatic carbocycles. The highest BCUT2D eigenvalue weighted by Crippen LogP contribution is 2.31. The third-order valence-electron chi connectivity index (χ3n) is 2.94. The molecule has 0 fully saturated rings. The van der Waals surface area contributed by atoms with Gasteiger partial charge >= 0.3 is 6.03 Å². The average molecular weight is 334 g/mol. The number of urea groups is 1. The van der Waals surface area contributed by atoms with Crippen LogP contribution >= 0.6 is 11.6 Å². The number of nitrogens with one attached hydrogen (secondary N) is 1. The number of benzene rings is 2. The maximum absolute atomic E-state index is 10.7. The Kier molecular flexibility index (Phi) is 5.82. The van der Waals surface area contributed by atoms with E-state index in [0.29, 0.717) is 22.1 Å². The summed E-state index contributed by atoms with van der Waals surface area (Å²) in [5.41, 5.74) is 8.58. The van der Waals surface area contributed by atoms with E-state index in [1.54, 1.807) is 31.4 Å². The van der Waals surface area contributed by atoms with Crippen LogP contribution < -0.4 is 20.6 Å². The number of amides is 2. The molecule has 0 spiro atoms. The monoisotopic (exact) mass is 333 g/mol. The highest BCUT2D eigenvalue weighted by atomic mass is 35.5. The molecular weight excluding hydrogens is 318 g/mol. The average Bonchev–Trinajstić information content (AvgIpc) is 2.54. The third kappa shape index (κ3) is 4.62. The van der Waals surface area contributed by atoms with Gasteiger partial charge in [0, 0.05) is 16.1 Å². The molecule has 0 saturated carbocycles. The molecule has 2 aromatic carbocycles. The van der Waals surface area contributed by atoms with Crippen molar-refractivity contribution in [2.45, 2.75) is 6.61 Å². The van der Waals surface area contributed by atoms with Crippen molar-refractivity contribution in [2.75, 3.05) is 7.11 Å². The Balaban J connectivity index is 2.23. The number of hydrogen-bond acceptors (Lipinski definition) is 4. The van der Waals surface area contributed by atoms with E-state index in [1.165, 1.54) is 6.21 Å². The van der Waals surface area contributed by atoms with Crippen LogP contribution in [-0.4, -0.2) is 19.4 Å². The van der Waals surface area contributed by atoms with Crippen LogP contribution in [0.5, 0.6) is 11.5 Å². The molecule has 0 bridgehead atoms. The lowest BCUT2D eigenvalue weighted by molar-refractivity contribution is 0.249. The lowest BCUT2D eigenvalue weighted by Gasteiger charge is -2.13. The summed E-state index contributed by atoms with van der Waals surface area (Å²) in [5, 5.41) is 4.36. The summed E-state index contributed by atoms with van der Waals surface area (Å²) in [6.07, 6.45) is 1.43. The summed E-state index contributed by atoms with van der Waals surface area (Å²) in [5.74, 6) is 1.03. The zero-order valence-electron chi connectivity index (χ0n) is 12.5. The van der Waals surface area contributed by atoms with Crippen LogP contribution in [0.4, 0.5) is 4.79 Å². The van der Waals surface area contributed by atoms with Crippen LogP contribution in [0.15, 0.2) is 47.6 Å². The fourth-order valence-corrected chi connectivity index (χ4v) is 2.07. The van der Waals surface area contributed by atoms with E-state index in [2.05, 4.69) is 10.5 Å². The van der Waals surface area contributed by atoms with E-state index in [4.69, 9.17) is 26.8 Å². The Morgan fingerprint density at radius 1 is 1.30 bits per heavy atom. The first-order valence-corrected chi connectivity index (χ1v) is 7.11. The number of carbonyl (C=O) groups is 1. The lowest BCUT2D eigenvalue weighted by Crippen LogP contribution is -2.24. The standard InChI is InChI=1S/C16H16ClN3O3/c1-22-14-8-4-6-11(9-19-20-16(18)21)15(14)23-10-12-5-2-3-7-13(12)17/h2-9H,10H2,1H3,(H3,18,20,21). The van der Waals surface area contributed by atoms with Gasteiger partial charge in [-0.05, 0) is 18.2 Å². The topological polar surface area (TPSA) is 85.9 Å². The summed E-state index contributed by atoms with van der Waals surface area (Å²) < 4.78 is 11.1. The van der Waals surface area contributed by atoms with Crippen molar-refractivity contribution in [3.05, 3.63) is 58.6 Å². The van der Waals surface area contributed by atoms with E-state index in [1.807, 2.05) is 18.2 Å². The summed E-state index contributed by atoms with van der Waals surface area (Å²) in [7, 11) is 1.54. The number of halogens is 1. The number of para-hydroxylation sites is 1. The molecule has 0 atom stereocenters. The van der Waals surface area contributed by atoms with Gasteiger partial charge in [0.25, 0.3) is 0 Å². The minimum absolute atomic E-state index is 0.268. The van der Waals surface area contributed by atoms with Crippen LogP contribution in [0.3, 0.4) is 0 Å². The van der Waals surface area contributed by atoms with Gasteiger partial charge in [0.1, 0.15) is 6.61 Å². The van der Waals surface area contributed by atoms with E-state index in [-0.39, 0.29) is 6.61 Å². The maximum Gasteiger partial charge on any atom is 0.332 e. The Bertz CT molecular complexity index is 719. The number of rotatable bonds is 6. The predicted octanol–water partition coefficient (Wildman–Crippen LogP) is 2.93. The van der Waals surface area contributed by atoms with Crippen molar-refractivity contribution in [1.29, 1.82) is 0 Å². The quantitative estimate of drug-likeness (QED) is 0.629. The number of ether oxygens (including phenoxy) is 2. The van der Waals surface area contributed by atoms with Crippen molar-refractivity contribution in [2.24, 2.45) is 10.8 Å². The molecule has 3 N–H and O–H groups in total. The first kappa shape index (κ1) is 16.6. The molecule has 0 aliphatic heterocycles. The van der Waals surface area contributed by atoms with Crippen LogP contribution in [0.1, 0.15) is 11.1 Å². The summed E-state index contributed by atoms with van der Waals surface area (Å²) in [6.45, 7) is 0.268. The number of carbonyl (C=O) groups excluding carboxylic acids is 1. The molecule has 120 valence electrons. The Labute approximate surface area is 138 Å². The molecule has 0 heterocycles. The second-order valence-electron chi connectivity index (χ2n) is 4.49. The normalized spacial score (nSPS) is 10.5. The van der Waals surface area contributed by atoms with Crippen LogP contribution in [0.2, 0.25) is 5.02 Å². The smallest absolute Gasteiger partial charge is 0.332 e. The summed E-state index contributed by atoms with van der Waals surface area (Å²) in [6, 6.07) is 12.0. The van der Waals surface area contributed by atoms with Crippen molar-refractivity contribution in [3.8, 4) is 11.5 Å². The van der Waals surface area contributed by atoms with Crippen LogP contribution in [0.25, 0.3) is 0 Å². The number of hydrazone groups is 1. The summed E-state index contributed by atoms with van der Waals surface area (Å²) >= 11 is 6.12. The lowest BCUT2D eigenvalue weighted by atomic mass is 10.2. The highest BCUT2D eigenvalue weighted by Gasteiger charge is 2.10. The maximum atomic E-state index is 10.7. The zero-order chi connectivity index (χ0) is 16.7. The molecule has 0 aromatic heterocycles. The van der Waals surface area contributed by atoms with Gasteiger partial charge in [0.05, 0.1) is 13.3 Å². The molecule has 0 aliphatic rings. The number of hydrogen-bond donors (Lipinski definition) is 2. The van der Waals surface area contributed by atoms with Gasteiger partial charge in [0.2, 0.25) is 0 Å². The molecular formula is C16H16ClN3O3. The largest absolute Gasteiger partial charge is 0.493 e. The van der Waals surface area contributed by atoms with Crippen molar-refractivity contribution >= 4 is 23.8 Å². The molecule has 0 saturated heterocycles. The number of nitrogens with two attached hydrogens (primary N) is 1. The van der Waals surface area contributed by atoms with E-state index >= 15 is 0 Å². The predicted molar refractivity (Wildman–Crippen MR) is 89.1 cm³/mol. The van der Waals surface area contributed by atoms with Crippen LogP contribution in [0, 0.1) is 0 Å². The highest BCUT2D eigenvalue weighted by molar-refractivity contribution is 6.31. The minimum atomic E-state index is -0.748. The second kappa shape index (κ2) is 8.05. The van der Waals surface area contributed by atoms with Gasteiger partial charge in [-0.1, -0.05) is 35.9 Å². The second-order valence-corrected chi connectivity index (χ2v) is 4.90. The van der Waals surface area contributed by atoms with E-state index < -0.39 is 6.03 Å². The molecule has 0 radical (unpaired) electrons. The Morgan fingerprint density at radius 2 is 2.09 bits per heavy atom. The minimum Gasteiger partial charge on any atom is -0.493 e. The van der Waals surface area contributed by atoms with Gasteiger partial charge in [0.15, 0.2) is 11.5 Å². The van der Waals surface area contributed by atoms with Crippen LogP contribution in [-0.2, 0) is 6.61 Å². The fraction of sp³-hybridized carbons (Fsp3) is 0.125. The molecule has 0 unspecified atom stereocenters. The van der Waals surface area contributed by atoms with Crippen molar-refractivity contribution in [3.63, 3.8) is 0 Å². The van der Waals surface area contributed by atoms with Crippen molar-refractivity contribution < 1.29 is 14.3 Å². The SMILES string of the molecule is COc1cccc(C=NNC(N)=O)c1OCc1ccccc1Cl. The molecule has 23 heavy (non-hydrogen) atoms. The number of nitrogens with zero attached hydrogens (tertiary/aromatic N) is 1. The van der Waals surface area contributed by atoms with Gasteiger partial charge in [-0.15, -0.1) is 0 Å². The van der Waals surface area contributed by atoms with E-state index in [9.17, 15) is 4.79 Å². The first-order valence-electron chi connectivity index (χ1n) is 6.73. The van der Waals surface area contributed by atoms with E-state index in [0.717, 1.165) is 5.56 Å². The number of methoxy groups -OCH3 is 1. The fourth-order valence-electron chi connectivity index (χ4n) is 1.88. The van der Waals surface area contributed by atoms with Gasteiger partial charge < -0.3 is 15.2 Å². The van der Waals surface area contributed by atoms with Crippen molar-refractivity contribution in [1.82, 2.24) is 5.43 Å². The zero-order valence-corrected chi connectivity index (χ0v) is 13.2. The molecule has 2 rings (SSSR count). The first-order chi connectivity index (χ1) is 11.1. The molecule has 2 aromatic rings. The third-order valence-corrected chi connectivity index (χ3v) is 3.31. The molecule has 2 amide bonds. The van der Waals surface area contributed by atoms with Gasteiger partial charge in [-0.25, -0.2) is 10.2 Å². The Hall–Kier alpha value is -2.73. The summed E-state index contributed by atoms with van der Waals surface area (Å²) in [4.78, 5) is 10.7. The molecule has 7 heteroatoms.